The maximum Gasteiger partial charge on any atom is 0.491 e. The Hall–Kier alpha value is -8.22. The molecular weight excluding hydrogens is 1850 g/mol. The summed E-state index contributed by atoms with van der Waals surface area (Å²) in [7, 11) is -18.0. The SMILES string of the molecule is C#CCOC[C@H]1OC([C@@]2(O)[C@H](O)[C@@H](CO)O[C@@]2(OP(=O)(O[C@@]2(n3ccc(=O)[nH]c3=O)O[C@H](CO)[C@@H](O)[C@]2(O)C2O[C@H](COCC#C)[C@H](O)[C@H](O)[C@H]2O)OP(=O)(O[C@@]2(n3ccc(=O)[nH]c3=O)O[C@H](CO)[C@@H](O)[C@]2(O)C2O[C@H](COCC#C)[C@H](O)[C@H](O)[C@H]2O)O[C@@]2(n3ccc(=O)[nH]c3=O)O[C@H](CO)[C@@H](O)[C@]2(O)C2O[C@H](COCC#C)[C@H](O)[C@H](O)[C@H]2O)n2ccc(=O)[nH]c2=O)[C@H](O)[C@@H](O)[C@H]1O. The number of terminal acetylenes is 4. The van der Waals surface area contributed by atoms with Gasteiger partial charge in [0.15, 0.2) is 22.4 Å². The Kier molecular flexibility index (Phi) is 31.0. The molecule has 8 fully saturated rings. The second-order valence-electron chi connectivity index (χ2n) is 31.2. The molecule has 8 aliphatic heterocycles. The van der Waals surface area contributed by atoms with E-state index in [0.717, 1.165) is 0 Å². The van der Waals surface area contributed by atoms with E-state index < -0.39 is 375 Å². The van der Waals surface area contributed by atoms with Crippen molar-refractivity contribution in [2.45, 2.75) is 217 Å². The zero-order valence-electron chi connectivity index (χ0n) is 68.0. The number of phosphoric acid groups is 2. The number of H-pyrrole nitrogens is 4. The van der Waals surface area contributed by atoms with Crippen LogP contribution >= 0.6 is 15.6 Å². The number of nitrogens with one attached hydrogen (secondary N) is 4. The van der Waals surface area contributed by atoms with Gasteiger partial charge in [-0.1, -0.05) is 23.7 Å². The molecule has 4 aromatic heterocycles. The van der Waals surface area contributed by atoms with Crippen molar-refractivity contribution in [3.05, 3.63) is 132 Å². The lowest BCUT2D eigenvalue weighted by Gasteiger charge is -2.53. The van der Waals surface area contributed by atoms with Gasteiger partial charge in [0.05, 0.1) is 52.9 Å². The molecule has 133 heavy (non-hydrogen) atoms. The first-order valence-corrected chi connectivity index (χ1v) is 42.2. The van der Waals surface area contributed by atoms with E-state index in [1.54, 1.807) is 19.9 Å². The molecule has 0 amide bonds. The standard InChI is InChI=1S/C72H92N8O51P2/c1-5-17-115-25-33-41(89)45(93)49(97)57(119-33)65(109)53(101)29(21-81)123-69(65,77-13-9-37(85)73-61(77)105)127-132(113,128-70(78-14-10-38(86)74-62(78)106)66(110,54(102)30(22-82)124-70)58-50(98)46(94)42(90)34(120-58)26-116-18-6-2)131-133(114,129-71(79-15-11-39(87)75-63(79)107)67(111,55(103)31(23-83)125-71)59-51(99)47(95)43(91)35(121-59)27-117-19-7-3)130-72(80-16-12-40(88)76-64(80)108)68(112,56(104)32(24-84)126-72)60-52(100)48(96)44(92)36(122-60)28-118-20-8-4/h1-4,9-16,29-36,41-60,81-84,89-104,109-112H,17-28H2,(H,73,85,105)(H,74,86,106)(H,75,87,107)(H,76,88,108)/t29-,30-,31-,32-,33-,34-,35-,36-,41+,42+,43+,44+,45+,46+,47+,48+,49-,50-,51-,52-,53-,54-,55-,56-,57?,58?,59?,60?,65+,66+,67+,68+,69+,70+,71+,72+,132?,133?/m1/s1. The second-order valence-corrected chi connectivity index (χ2v) is 34.3. The van der Waals surface area contributed by atoms with E-state index in [4.69, 9.17) is 105 Å². The van der Waals surface area contributed by atoms with Crippen LogP contribution in [-0.2, 0) is 112 Å². The summed E-state index contributed by atoms with van der Waals surface area (Å²) in [5.74, 6) is -12.7. The normalized spacial score (nSPS) is 42.3. The number of phosphoric ester groups is 2. The first kappa shape index (κ1) is 104. The molecule has 736 valence electrons. The van der Waals surface area contributed by atoms with Gasteiger partial charge in [-0.3, -0.25) is 39.1 Å². The van der Waals surface area contributed by atoms with Crippen molar-refractivity contribution in [1.29, 1.82) is 0 Å². The first-order valence-electron chi connectivity index (χ1n) is 39.3. The van der Waals surface area contributed by atoms with Crippen molar-refractivity contribution in [2.24, 2.45) is 0 Å². The summed E-state index contributed by atoms with van der Waals surface area (Å²) in [4.78, 5) is 122. The van der Waals surface area contributed by atoms with E-state index in [-0.39, 0.29) is 49.1 Å². The predicted molar refractivity (Wildman–Crippen MR) is 415 cm³/mol. The Labute approximate surface area is 740 Å². The number of hydrogen-bond acceptors (Lipinski definition) is 51. The van der Waals surface area contributed by atoms with Gasteiger partial charge in [-0.25, -0.2) is 64.7 Å². The zero-order valence-corrected chi connectivity index (χ0v) is 69.8. The van der Waals surface area contributed by atoms with Crippen LogP contribution in [0.2, 0.25) is 0 Å². The third-order valence-corrected chi connectivity index (χ3v) is 26.8. The van der Waals surface area contributed by atoms with E-state index in [1.807, 2.05) is 23.7 Å². The molecule has 61 heteroatoms. The number of aliphatic hydroxyl groups is 24. The number of nitrogens with zero attached hydrogens (tertiary/aromatic N) is 4. The van der Waals surface area contributed by atoms with Crippen molar-refractivity contribution in [2.75, 3.05) is 79.3 Å². The van der Waals surface area contributed by atoms with Crippen molar-refractivity contribution >= 4 is 15.6 Å². The fraction of sp³-hybridized carbons (Fsp3) is 0.667. The second kappa shape index (κ2) is 39.7. The third kappa shape index (κ3) is 17.3. The van der Waals surface area contributed by atoms with Crippen LogP contribution in [0.3, 0.4) is 0 Å². The molecule has 12 heterocycles. The molecule has 0 saturated carbocycles. The van der Waals surface area contributed by atoms with E-state index >= 15 is 28.3 Å². The molecular formula is C72H92N8O51P2. The number of aromatic amines is 4. The quantitative estimate of drug-likeness (QED) is 0.0117. The van der Waals surface area contributed by atoms with Crippen LogP contribution in [0.1, 0.15) is 0 Å². The molecule has 59 nitrogen and oxygen atoms in total. The minimum absolute atomic E-state index is 0.0145. The fourth-order valence-electron chi connectivity index (χ4n) is 17.0. The largest absolute Gasteiger partial charge is 0.491 e. The summed E-state index contributed by atoms with van der Waals surface area (Å²) in [5.41, 5.74) is -35.2. The maximum absolute atomic E-state index is 19.2. The highest BCUT2D eigenvalue weighted by Crippen LogP contribution is 2.77. The Morgan fingerprint density at radius 2 is 0.504 bits per heavy atom. The van der Waals surface area contributed by atoms with Crippen LogP contribution < -0.4 is 45.0 Å². The minimum atomic E-state index is -8.98. The van der Waals surface area contributed by atoms with Gasteiger partial charge in [-0.15, -0.1) is 25.7 Å². The van der Waals surface area contributed by atoms with Crippen molar-refractivity contribution in [1.82, 2.24) is 38.2 Å². The van der Waals surface area contributed by atoms with Gasteiger partial charge in [0, 0.05) is 49.1 Å². The molecule has 8 saturated heterocycles. The van der Waals surface area contributed by atoms with Gasteiger partial charge in [0.1, 0.15) is 197 Å². The first-order chi connectivity index (χ1) is 62.6. The summed E-state index contributed by atoms with van der Waals surface area (Å²) in [5, 5.41) is 300. The van der Waals surface area contributed by atoms with Gasteiger partial charge in [0.25, 0.3) is 22.2 Å². The highest BCUT2D eigenvalue weighted by atomic mass is 31.3. The maximum atomic E-state index is 19.2. The Morgan fingerprint density at radius 1 is 0.316 bits per heavy atom. The van der Waals surface area contributed by atoms with Crippen molar-refractivity contribution in [3.63, 3.8) is 0 Å². The molecule has 0 bridgehead atoms. The molecule has 0 radical (unpaired) electrons. The molecule has 28 N–H and O–H groups in total. The lowest BCUT2D eigenvalue weighted by molar-refractivity contribution is -0.388. The van der Waals surface area contributed by atoms with Crippen LogP contribution in [0.15, 0.2) is 87.4 Å². The molecule has 0 spiro atoms. The highest BCUT2D eigenvalue weighted by Gasteiger charge is 2.85. The molecule has 4 unspecified atom stereocenters. The summed E-state index contributed by atoms with van der Waals surface area (Å²) >= 11 is 0. The average Bonchev–Trinajstić information content (AvgIpc) is 1.57. The van der Waals surface area contributed by atoms with Crippen LogP contribution in [0.5, 0.6) is 0 Å². The topological polar surface area (TPSA) is 896 Å². The van der Waals surface area contributed by atoms with Crippen molar-refractivity contribution in [3.8, 4) is 49.4 Å². The molecule has 4 aromatic rings. The molecule has 0 aromatic carbocycles. The van der Waals surface area contributed by atoms with Gasteiger partial charge >= 0.3 is 62.0 Å². The summed E-state index contributed by atoms with van der Waals surface area (Å²) in [6.45, 7) is -15.8. The summed E-state index contributed by atoms with van der Waals surface area (Å²) < 4.78 is 137. The Morgan fingerprint density at radius 3 is 0.669 bits per heavy atom. The van der Waals surface area contributed by atoms with E-state index in [0.29, 0.717) is 0 Å². The molecule has 8 aliphatic rings. The van der Waals surface area contributed by atoms with E-state index in [9.17, 15) is 142 Å². The molecule has 12 rings (SSSR count). The summed E-state index contributed by atoms with van der Waals surface area (Å²) in [6.07, 6.45) is -63.6. The average molecular weight is 1950 g/mol. The van der Waals surface area contributed by atoms with E-state index in [1.165, 1.54) is 0 Å². The third-order valence-electron chi connectivity index (χ3n) is 23.4. The highest BCUT2D eigenvalue weighted by molar-refractivity contribution is 7.62. The molecule has 36 atom stereocenters. The van der Waals surface area contributed by atoms with Gasteiger partial charge in [0.2, 0.25) is 0 Å². The minimum Gasteiger partial charge on any atom is -0.394 e. The van der Waals surface area contributed by atoms with Crippen LogP contribution in [-0.4, -0.2) is 433 Å². The fourth-order valence-corrected chi connectivity index (χ4v) is 20.9. The number of aliphatic hydroxyl groups excluding tert-OH is 20. The van der Waals surface area contributed by atoms with E-state index in [2.05, 4.69) is 0 Å². The monoisotopic (exact) mass is 1950 g/mol. The number of rotatable bonds is 34. The number of ether oxygens (including phenoxy) is 12. The van der Waals surface area contributed by atoms with Crippen LogP contribution in [0, 0.1) is 49.4 Å². The van der Waals surface area contributed by atoms with Crippen LogP contribution in [0.25, 0.3) is 0 Å². The van der Waals surface area contributed by atoms with Gasteiger partial charge < -0.3 is 179 Å². The zero-order chi connectivity index (χ0) is 97.9. The molecule has 0 aliphatic carbocycles. The Balaban J connectivity index is 1.31. The number of aromatic nitrogens is 8. The van der Waals surface area contributed by atoms with Crippen LogP contribution in [0.4, 0.5) is 0 Å². The van der Waals surface area contributed by atoms with Crippen molar-refractivity contribution < 1.29 is 211 Å². The van der Waals surface area contributed by atoms with Gasteiger partial charge in [-0.05, 0) is 0 Å². The van der Waals surface area contributed by atoms with Gasteiger partial charge in [-0.2, -0.15) is 4.31 Å². The number of hydrogen-bond donors (Lipinski definition) is 28. The Bertz CT molecular complexity index is 4970. The summed E-state index contributed by atoms with van der Waals surface area (Å²) in [6, 6.07) is 0.580. The lowest BCUT2D eigenvalue weighted by atomic mass is 9.79. The smallest absolute Gasteiger partial charge is 0.394 e. The predicted octanol–water partition coefficient (Wildman–Crippen LogP) is -20.1. The lowest BCUT2D eigenvalue weighted by Crippen LogP contribution is -2.75.